The van der Waals surface area contributed by atoms with Gasteiger partial charge in [-0.05, 0) is 50.1 Å². The minimum atomic E-state index is -0.175. The molecule has 0 N–H and O–H groups in total. The summed E-state index contributed by atoms with van der Waals surface area (Å²) in [4.78, 5) is 13.3. The molecule has 168 valence electrons. The molecule has 7 heteroatoms. The Balaban J connectivity index is 1.32. The first-order valence-electron chi connectivity index (χ1n) is 11.3. The largest absolute Gasteiger partial charge is 0.354 e. The van der Waals surface area contributed by atoms with Gasteiger partial charge < -0.3 is 4.90 Å². The molecule has 0 unspecified atom stereocenters. The van der Waals surface area contributed by atoms with Gasteiger partial charge in [-0.1, -0.05) is 30.3 Å². The van der Waals surface area contributed by atoms with Gasteiger partial charge >= 0.3 is 0 Å². The Labute approximate surface area is 193 Å². The number of aromatic nitrogens is 4. The minimum Gasteiger partial charge on any atom is -0.354 e. The molecule has 2 aromatic carbocycles. The van der Waals surface area contributed by atoms with Crippen molar-refractivity contribution in [1.29, 1.82) is 0 Å². The molecule has 0 spiro atoms. The summed E-state index contributed by atoms with van der Waals surface area (Å²) in [6, 6.07) is 13.8. The van der Waals surface area contributed by atoms with Gasteiger partial charge in [0.2, 0.25) is 0 Å². The number of piperidine rings is 1. The van der Waals surface area contributed by atoms with Crippen LogP contribution >= 0.6 is 0 Å². The van der Waals surface area contributed by atoms with Crippen molar-refractivity contribution in [2.45, 2.75) is 32.4 Å². The van der Waals surface area contributed by atoms with E-state index >= 15 is 0 Å². The SMILES string of the molecule is Cc1cc(F)ccc1CN(C)C1CCN(c2nnc(-c3cnccn3)c3ccccc23)CC1. The molecule has 0 saturated carbocycles. The van der Waals surface area contributed by atoms with E-state index in [1.807, 2.05) is 25.1 Å². The first kappa shape index (κ1) is 21.4. The number of anilines is 1. The molecular weight excluding hydrogens is 415 g/mol. The molecule has 0 aliphatic carbocycles. The third-order valence-electron chi connectivity index (χ3n) is 6.59. The van der Waals surface area contributed by atoms with Crippen molar-refractivity contribution in [3.63, 3.8) is 0 Å². The van der Waals surface area contributed by atoms with Crippen molar-refractivity contribution < 1.29 is 4.39 Å². The highest BCUT2D eigenvalue weighted by Gasteiger charge is 2.25. The Morgan fingerprint density at radius 3 is 2.55 bits per heavy atom. The fourth-order valence-corrected chi connectivity index (χ4v) is 4.69. The first-order chi connectivity index (χ1) is 16.1. The van der Waals surface area contributed by atoms with Crippen LogP contribution in [-0.2, 0) is 6.54 Å². The number of halogens is 1. The van der Waals surface area contributed by atoms with Crippen LogP contribution < -0.4 is 4.90 Å². The van der Waals surface area contributed by atoms with Crippen LogP contribution in [0, 0.1) is 12.7 Å². The molecule has 6 nitrogen and oxygen atoms in total. The van der Waals surface area contributed by atoms with E-state index in [1.54, 1.807) is 30.7 Å². The fraction of sp³-hybridized carbons (Fsp3) is 0.308. The molecule has 2 aromatic heterocycles. The van der Waals surface area contributed by atoms with E-state index in [1.165, 1.54) is 5.56 Å². The summed E-state index contributed by atoms with van der Waals surface area (Å²) in [6.07, 6.45) is 7.14. The molecule has 1 aliphatic heterocycles. The second-order valence-electron chi connectivity index (χ2n) is 8.71. The molecule has 3 heterocycles. The highest BCUT2D eigenvalue weighted by molar-refractivity contribution is 5.99. The molecule has 0 amide bonds. The quantitative estimate of drug-likeness (QED) is 0.449. The summed E-state index contributed by atoms with van der Waals surface area (Å²) in [6.45, 7) is 4.64. The van der Waals surface area contributed by atoms with Crippen LogP contribution in [0.15, 0.2) is 61.1 Å². The normalized spacial score (nSPS) is 14.8. The summed E-state index contributed by atoms with van der Waals surface area (Å²) in [5.41, 5.74) is 3.66. The number of fused-ring (bicyclic) bond motifs is 1. The molecule has 33 heavy (non-hydrogen) atoms. The zero-order valence-corrected chi connectivity index (χ0v) is 18.9. The molecule has 0 atom stereocenters. The van der Waals surface area contributed by atoms with Gasteiger partial charge in [0, 0.05) is 48.8 Å². The number of benzene rings is 2. The van der Waals surface area contributed by atoms with Crippen molar-refractivity contribution in [1.82, 2.24) is 25.1 Å². The molecule has 5 rings (SSSR count). The van der Waals surface area contributed by atoms with Gasteiger partial charge in [-0.3, -0.25) is 14.9 Å². The van der Waals surface area contributed by atoms with E-state index < -0.39 is 0 Å². The summed E-state index contributed by atoms with van der Waals surface area (Å²) in [7, 11) is 2.16. The van der Waals surface area contributed by atoms with Gasteiger partial charge in [-0.25, -0.2) is 4.39 Å². The zero-order valence-electron chi connectivity index (χ0n) is 18.9. The van der Waals surface area contributed by atoms with Gasteiger partial charge in [-0.15, -0.1) is 10.2 Å². The van der Waals surface area contributed by atoms with Gasteiger partial charge in [0.25, 0.3) is 0 Å². The molecule has 1 saturated heterocycles. The highest BCUT2D eigenvalue weighted by atomic mass is 19.1. The van der Waals surface area contributed by atoms with Crippen LogP contribution in [0.1, 0.15) is 24.0 Å². The Morgan fingerprint density at radius 2 is 1.82 bits per heavy atom. The standard InChI is InChI=1S/C26H27FN6/c1-18-15-20(27)8-7-19(18)17-32(2)21-9-13-33(14-10-21)26-23-6-4-3-5-22(23)25(30-31-26)24-16-28-11-12-29-24/h3-8,11-12,15-16,21H,9-10,13-14,17H2,1-2H3. The Hall–Kier alpha value is -3.45. The maximum Gasteiger partial charge on any atom is 0.159 e. The second kappa shape index (κ2) is 9.19. The van der Waals surface area contributed by atoms with Crippen molar-refractivity contribution in [2.24, 2.45) is 0 Å². The smallest absolute Gasteiger partial charge is 0.159 e. The maximum atomic E-state index is 13.4. The fourth-order valence-electron chi connectivity index (χ4n) is 4.69. The molecule has 1 fully saturated rings. The topological polar surface area (TPSA) is 58.0 Å². The average Bonchev–Trinajstić information content (AvgIpc) is 2.86. The Bertz CT molecular complexity index is 1250. The number of hydrogen-bond acceptors (Lipinski definition) is 6. The lowest BCUT2D eigenvalue weighted by atomic mass is 10.0. The van der Waals surface area contributed by atoms with Gasteiger partial charge in [0.15, 0.2) is 5.82 Å². The predicted octanol–water partition coefficient (Wildman–Crippen LogP) is 4.64. The monoisotopic (exact) mass is 442 g/mol. The van der Waals surface area contributed by atoms with E-state index in [0.717, 1.165) is 66.0 Å². The maximum absolute atomic E-state index is 13.4. The third-order valence-corrected chi connectivity index (χ3v) is 6.59. The van der Waals surface area contributed by atoms with Crippen molar-refractivity contribution in [3.05, 3.63) is 78.0 Å². The Morgan fingerprint density at radius 1 is 1.03 bits per heavy atom. The number of aryl methyl sites for hydroxylation is 1. The Kier molecular flexibility index (Phi) is 5.96. The highest BCUT2D eigenvalue weighted by Crippen LogP contribution is 2.32. The van der Waals surface area contributed by atoms with E-state index in [-0.39, 0.29) is 5.82 Å². The molecule has 1 aliphatic rings. The first-order valence-corrected chi connectivity index (χ1v) is 11.3. The minimum absolute atomic E-state index is 0.175. The summed E-state index contributed by atoms with van der Waals surface area (Å²) >= 11 is 0. The van der Waals surface area contributed by atoms with E-state index in [2.05, 4.69) is 49.1 Å². The molecule has 0 bridgehead atoms. The lowest BCUT2D eigenvalue weighted by Crippen LogP contribution is -2.43. The van der Waals surface area contributed by atoms with Crippen LogP contribution in [0.3, 0.4) is 0 Å². The van der Waals surface area contributed by atoms with E-state index in [0.29, 0.717) is 6.04 Å². The second-order valence-corrected chi connectivity index (χ2v) is 8.71. The van der Waals surface area contributed by atoms with Gasteiger partial charge in [0.1, 0.15) is 17.2 Å². The molecule has 0 radical (unpaired) electrons. The van der Waals surface area contributed by atoms with Crippen molar-refractivity contribution in [2.75, 3.05) is 25.0 Å². The number of hydrogen-bond donors (Lipinski definition) is 0. The molecule has 4 aromatic rings. The van der Waals surface area contributed by atoms with Crippen LogP contribution in [0.2, 0.25) is 0 Å². The van der Waals surface area contributed by atoms with E-state index in [9.17, 15) is 4.39 Å². The van der Waals surface area contributed by atoms with Crippen molar-refractivity contribution in [3.8, 4) is 11.4 Å². The lowest BCUT2D eigenvalue weighted by Gasteiger charge is -2.37. The number of rotatable bonds is 5. The average molecular weight is 443 g/mol. The predicted molar refractivity (Wildman–Crippen MR) is 128 cm³/mol. The third kappa shape index (κ3) is 4.41. The van der Waals surface area contributed by atoms with Crippen LogP contribution in [0.5, 0.6) is 0 Å². The van der Waals surface area contributed by atoms with Gasteiger partial charge in [0.05, 0.1) is 6.20 Å². The van der Waals surface area contributed by atoms with Crippen LogP contribution in [0.25, 0.3) is 22.2 Å². The van der Waals surface area contributed by atoms with Crippen LogP contribution in [0.4, 0.5) is 10.2 Å². The van der Waals surface area contributed by atoms with Gasteiger partial charge in [-0.2, -0.15) is 0 Å². The summed E-state index contributed by atoms with van der Waals surface area (Å²) in [5.74, 6) is 0.750. The lowest BCUT2D eigenvalue weighted by molar-refractivity contribution is 0.200. The molecular formula is C26H27FN6. The van der Waals surface area contributed by atoms with E-state index in [4.69, 9.17) is 0 Å². The van der Waals surface area contributed by atoms with Crippen molar-refractivity contribution >= 4 is 16.6 Å². The van der Waals surface area contributed by atoms with Crippen LogP contribution in [-0.4, -0.2) is 51.2 Å². The zero-order chi connectivity index (χ0) is 22.8. The number of nitrogens with zero attached hydrogens (tertiary/aromatic N) is 6. The summed E-state index contributed by atoms with van der Waals surface area (Å²) in [5, 5.41) is 11.3. The summed E-state index contributed by atoms with van der Waals surface area (Å²) < 4.78 is 13.4.